The first-order chi connectivity index (χ1) is 7.69. The Hall–Kier alpha value is -1.79. The summed E-state index contributed by atoms with van der Waals surface area (Å²) in [5.74, 6) is -1.52. The van der Waals surface area contributed by atoms with Crippen molar-refractivity contribution in [3.05, 3.63) is 0 Å². The summed E-state index contributed by atoms with van der Waals surface area (Å²) in [6.45, 7) is 3.14. The van der Waals surface area contributed by atoms with Crippen molar-refractivity contribution in [3.8, 4) is 0 Å². The number of amides is 3. The SMILES string of the molecule is CN(C(=O)NCCCC(N)=O)C(C)(C)C(=O)O. The second-order valence-electron chi connectivity index (χ2n) is 4.22. The molecule has 0 saturated heterocycles. The first-order valence-corrected chi connectivity index (χ1v) is 5.23. The highest BCUT2D eigenvalue weighted by atomic mass is 16.4. The van der Waals surface area contributed by atoms with Crippen LogP contribution in [0.4, 0.5) is 4.79 Å². The lowest BCUT2D eigenvalue weighted by atomic mass is 10.1. The van der Waals surface area contributed by atoms with Crippen LogP contribution in [-0.2, 0) is 9.59 Å². The molecule has 0 spiro atoms. The van der Waals surface area contributed by atoms with E-state index in [9.17, 15) is 14.4 Å². The summed E-state index contributed by atoms with van der Waals surface area (Å²) in [6, 6.07) is -0.498. The van der Waals surface area contributed by atoms with Crippen LogP contribution in [0.2, 0.25) is 0 Å². The van der Waals surface area contributed by atoms with Gasteiger partial charge in [-0.1, -0.05) is 0 Å². The monoisotopic (exact) mass is 245 g/mol. The van der Waals surface area contributed by atoms with E-state index in [1.54, 1.807) is 0 Å². The Morgan fingerprint density at radius 1 is 1.35 bits per heavy atom. The molecule has 0 radical (unpaired) electrons. The summed E-state index contributed by atoms with van der Waals surface area (Å²) < 4.78 is 0. The maximum absolute atomic E-state index is 11.6. The van der Waals surface area contributed by atoms with Crippen LogP contribution in [0.15, 0.2) is 0 Å². The van der Waals surface area contributed by atoms with E-state index in [4.69, 9.17) is 10.8 Å². The lowest BCUT2D eigenvalue weighted by Gasteiger charge is -2.31. The largest absolute Gasteiger partial charge is 0.480 e. The van der Waals surface area contributed by atoms with Crippen LogP contribution in [0, 0.1) is 0 Å². The van der Waals surface area contributed by atoms with Crippen LogP contribution in [0.5, 0.6) is 0 Å². The minimum absolute atomic E-state index is 0.187. The Morgan fingerprint density at radius 3 is 2.29 bits per heavy atom. The summed E-state index contributed by atoms with van der Waals surface area (Å²) >= 11 is 0. The number of nitrogens with two attached hydrogens (primary N) is 1. The van der Waals surface area contributed by atoms with Crippen molar-refractivity contribution in [2.75, 3.05) is 13.6 Å². The zero-order valence-corrected chi connectivity index (χ0v) is 10.3. The molecule has 0 aliphatic rings. The molecule has 4 N–H and O–H groups in total. The molecule has 17 heavy (non-hydrogen) atoms. The average Bonchev–Trinajstić information content (AvgIpc) is 2.22. The number of carbonyl (C=O) groups is 3. The number of primary amides is 1. The molecule has 0 unspecified atom stereocenters. The van der Waals surface area contributed by atoms with E-state index in [2.05, 4.69) is 5.32 Å². The lowest BCUT2D eigenvalue weighted by Crippen LogP contribution is -2.54. The zero-order valence-electron chi connectivity index (χ0n) is 10.3. The van der Waals surface area contributed by atoms with E-state index in [0.717, 1.165) is 4.90 Å². The van der Waals surface area contributed by atoms with Crippen molar-refractivity contribution in [2.24, 2.45) is 5.73 Å². The molecule has 7 nitrogen and oxygen atoms in total. The van der Waals surface area contributed by atoms with Crippen LogP contribution in [0.1, 0.15) is 26.7 Å². The van der Waals surface area contributed by atoms with Crippen molar-refractivity contribution < 1.29 is 19.5 Å². The Bertz CT molecular complexity index is 315. The molecule has 0 fully saturated rings. The summed E-state index contributed by atoms with van der Waals surface area (Å²) in [4.78, 5) is 34.0. The van der Waals surface area contributed by atoms with Gasteiger partial charge >= 0.3 is 12.0 Å². The van der Waals surface area contributed by atoms with Crippen molar-refractivity contribution in [2.45, 2.75) is 32.2 Å². The number of hydrogen-bond acceptors (Lipinski definition) is 3. The molecule has 0 aromatic rings. The third-order valence-corrected chi connectivity index (χ3v) is 2.54. The van der Waals surface area contributed by atoms with Gasteiger partial charge < -0.3 is 21.1 Å². The van der Waals surface area contributed by atoms with E-state index >= 15 is 0 Å². The summed E-state index contributed by atoms with van der Waals surface area (Å²) in [6.07, 6.45) is 0.620. The van der Waals surface area contributed by atoms with Crippen molar-refractivity contribution in [1.29, 1.82) is 0 Å². The molecule has 3 amide bonds. The second kappa shape index (κ2) is 6.07. The van der Waals surface area contributed by atoms with Gasteiger partial charge in [0.2, 0.25) is 5.91 Å². The zero-order chi connectivity index (χ0) is 13.6. The Morgan fingerprint density at radius 2 is 1.88 bits per heavy atom. The molecule has 0 rings (SSSR count). The highest BCUT2D eigenvalue weighted by molar-refractivity contribution is 5.85. The highest BCUT2D eigenvalue weighted by Gasteiger charge is 2.34. The van der Waals surface area contributed by atoms with Crippen molar-refractivity contribution in [3.63, 3.8) is 0 Å². The minimum Gasteiger partial charge on any atom is -0.480 e. The van der Waals surface area contributed by atoms with Crippen molar-refractivity contribution >= 4 is 17.9 Å². The van der Waals surface area contributed by atoms with Gasteiger partial charge in [-0.25, -0.2) is 9.59 Å². The molecule has 0 aromatic heterocycles. The van der Waals surface area contributed by atoms with Crippen LogP contribution in [-0.4, -0.2) is 47.0 Å². The number of likely N-dealkylation sites (N-methyl/N-ethyl adjacent to an activating group) is 1. The number of urea groups is 1. The molecule has 0 bridgehead atoms. The van der Waals surface area contributed by atoms with E-state index in [1.807, 2.05) is 0 Å². The maximum atomic E-state index is 11.6. The molecule has 98 valence electrons. The average molecular weight is 245 g/mol. The standard InChI is InChI=1S/C10H19N3O4/c1-10(2,8(15)16)13(3)9(17)12-6-4-5-7(11)14/h4-6H2,1-3H3,(H2,11,14)(H,12,17)(H,15,16). The number of carboxylic acids is 1. The number of rotatable bonds is 6. The first kappa shape index (κ1) is 15.2. The summed E-state index contributed by atoms with van der Waals surface area (Å²) in [5, 5.41) is 11.4. The van der Waals surface area contributed by atoms with Crippen LogP contribution in [0.3, 0.4) is 0 Å². The fraction of sp³-hybridized carbons (Fsp3) is 0.700. The highest BCUT2D eigenvalue weighted by Crippen LogP contribution is 2.12. The molecule has 0 aromatic carbocycles. The topological polar surface area (TPSA) is 113 Å². The molecule has 0 aliphatic carbocycles. The molecular formula is C10H19N3O4. The van der Waals surface area contributed by atoms with Crippen molar-refractivity contribution in [1.82, 2.24) is 10.2 Å². The Kier molecular flexibility index (Phi) is 5.43. The number of nitrogens with one attached hydrogen (secondary N) is 1. The van der Waals surface area contributed by atoms with E-state index < -0.39 is 23.4 Å². The molecular weight excluding hydrogens is 226 g/mol. The number of hydrogen-bond donors (Lipinski definition) is 3. The van der Waals surface area contributed by atoms with Gasteiger partial charge in [-0.2, -0.15) is 0 Å². The predicted molar refractivity (Wildman–Crippen MR) is 61.3 cm³/mol. The lowest BCUT2D eigenvalue weighted by molar-refractivity contribution is -0.146. The van der Waals surface area contributed by atoms with E-state index in [-0.39, 0.29) is 13.0 Å². The fourth-order valence-corrected chi connectivity index (χ4v) is 0.974. The van der Waals surface area contributed by atoms with Gasteiger partial charge in [0.05, 0.1) is 0 Å². The van der Waals surface area contributed by atoms with Gasteiger partial charge in [-0.15, -0.1) is 0 Å². The van der Waals surface area contributed by atoms with Crippen LogP contribution >= 0.6 is 0 Å². The number of carboxylic acid groups (broad SMARTS) is 1. The van der Waals surface area contributed by atoms with Crippen LogP contribution < -0.4 is 11.1 Å². The third-order valence-electron chi connectivity index (χ3n) is 2.54. The van der Waals surface area contributed by atoms with Gasteiger partial charge in [0.25, 0.3) is 0 Å². The predicted octanol–water partition coefficient (Wildman–Crippen LogP) is -0.243. The van der Waals surface area contributed by atoms with E-state index in [1.165, 1.54) is 20.9 Å². The minimum atomic E-state index is -1.28. The first-order valence-electron chi connectivity index (χ1n) is 5.23. The Balaban J connectivity index is 4.15. The number of aliphatic carboxylic acids is 1. The van der Waals surface area contributed by atoms with Gasteiger partial charge in [-0.05, 0) is 20.3 Å². The number of carbonyl (C=O) groups excluding carboxylic acids is 2. The number of nitrogens with zero attached hydrogens (tertiary/aromatic N) is 1. The van der Waals surface area contributed by atoms with E-state index in [0.29, 0.717) is 6.42 Å². The van der Waals surface area contributed by atoms with Crippen LogP contribution in [0.25, 0.3) is 0 Å². The quantitative estimate of drug-likeness (QED) is 0.560. The van der Waals surface area contributed by atoms with Gasteiger partial charge in [-0.3, -0.25) is 4.79 Å². The summed E-state index contributed by atoms with van der Waals surface area (Å²) in [7, 11) is 1.40. The fourth-order valence-electron chi connectivity index (χ4n) is 0.974. The normalized spacial score (nSPS) is 10.8. The molecule has 0 heterocycles. The third kappa shape index (κ3) is 4.71. The summed E-state index contributed by atoms with van der Waals surface area (Å²) in [5.41, 5.74) is 3.65. The molecule has 0 saturated carbocycles. The Labute approximate surface area is 100.0 Å². The smallest absolute Gasteiger partial charge is 0.329 e. The molecule has 7 heteroatoms. The van der Waals surface area contributed by atoms with Gasteiger partial charge in [0.15, 0.2) is 0 Å². The van der Waals surface area contributed by atoms with Gasteiger partial charge in [0, 0.05) is 20.0 Å². The second-order valence-corrected chi connectivity index (χ2v) is 4.22. The molecule has 0 atom stereocenters. The maximum Gasteiger partial charge on any atom is 0.329 e. The molecule has 0 aliphatic heterocycles. The van der Waals surface area contributed by atoms with Gasteiger partial charge in [0.1, 0.15) is 5.54 Å².